The molecule has 140 valence electrons. The van der Waals surface area contributed by atoms with E-state index in [0.717, 1.165) is 36.6 Å². The predicted molar refractivity (Wildman–Crippen MR) is 105 cm³/mol. The van der Waals surface area contributed by atoms with E-state index >= 15 is 0 Å². The van der Waals surface area contributed by atoms with Crippen LogP contribution in [0, 0.1) is 13.8 Å². The van der Waals surface area contributed by atoms with Gasteiger partial charge in [-0.1, -0.05) is 36.2 Å². The van der Waals surface area contributed by atoms with Gasteiger partial charge in [-0.25, -0.2) is 0 Å². The summed E-state index contributed by atoms with van der Waals surface area (Å²) in [5.74, 6) is -0.0394. The minimum Gasteiger partial charge on any atom is -0.351 e. The molecule has 1 aliphatic rings. The fourth-order valence-electron chi connectivity index (χ4n) is 3.57. The molecule has 0 aliphatic carbocycles. The minimum absolute atomic E-state index is 0.0394. The SMILES string of the molecule is Cc1nn(Cc2ccccc2Cl)c(C)c1C(=O)NCCN1CCCCC1. The van der Waals surface area contributed by atoms with Gasteiger partial charge in [-0.15, -0.1) is 0 Å². The predicted octanol–water partition coefficient (Wildman–Crippen LogP) is 3.42. The highest BCUT2D eigenvalue weighted by Gasteiger charge is 2.19. The second-order valence-electron chi connectivity index (χ2n) is 6.95. The second kappa shape index (κ2) is 8.69. The molecule has 5 nitrogen and oxygen atoms in total. The third-order valence-electron chi connectivity index (χ3n) is 5.05. The van der Waals surface area contributed by atoms with Crippen LogP contribution in [0.15, 0.2) is 24.3 Å². The van der Waals surface area contributed by atoms with E-state index in [4.69, 9.17) is 11.6 Å². The van der Waals surface area contributed by atoms with Gasteiger partial charge in [-0.2, -0.15) is 5.10 Å². The molecule has 1 aliphatic heterocycles. The number of likely N-dealkylation sites (tertiary alicyclic amines) is 1. The summed E-state index contributed by atoms with van der Waals surface area (Å²) in [6.45, 7) is 8.26. The Morgan fingerprint density at radius 1 is 1.19 bits per heavy atom. The van der Waals surface area contributed by atoms with Crippen molar-refractivity contribution in [1.29, 1.82) is 0 Å². The first kappa shape index (κ1) is 18.9. The summed E-state index contributed by atoms with van der Waals surface area (Å²) in [6.07, 6.45) is 3.85. The van der Waals surface area contributed by atoms with Crippen LogP contribution in [0.3, 0.4) is 0 Å². The monoisotopic (exact) mass is 374 g/mol. The van der Waals surface area contributed by atoms with Crippen molar-refractivity contribution in [1.82, 2.24) is 20.0 Å². The van der Waals surface area contributed by atoms with Crippen molar-refractivity contribution in [2.24, 2.45) is 0 Å². The van der Waals surface area contributed by atoms with Gasteiger partial charge < -0.3 is 10.2 Å². The number of piperidine rings is 1. The summed E-state index contributed by atoms with van der Waals surface area (Å²) in [4.78, 5) is 15.1. The zero-order valence-electron chi connectivity index (χ0n) is 15.6. The summed E-state index contributed by atoms with van der Waals surface area (Å²) >= 11 is 6.25. The van der Waals surface area contributed by atoms with Crippen LogP contribution in [0.2, 0.25) is 5.02 Å². The lowest BCUT2D eigenvalue weighted by atomic mass is 10.1. The number of nitrogens with one attached hydrogen (secondary N) is 1. The first-order chi connectivity index (χ1) is 12.6. The summed E-state index contributed by atoms with van der Waals surface area (Å²) in [5, 5.41) is 8.32. The zero-order chi connectivity index (χ0) is 18.5. The Kier molecular flexibility index (Phi) is 6.33. The molecule has 1 aromatic carbocycles. The molecule has 1 saturated heterocycles. The first-order valence-corrected chi connectivity index (χ1v) is 9.72. The maximum atomic E-state index is 12.7. The van der Waals surface area contributed by atoms with Crippen LogP contribution < -0.4 is 5.32 Å². The average molecular weight is 375 g/mol. The molecule has 1 aromatic heterocycles. The van der Waals surface area contributed by atoms with E-state index < -0.39 is 0 Å². The molecule has 0 saturated carbocycles. The number of rotatable bonds is 6. The highest BCUT2D eigenvalue weighted by Crippen LogP contribution is 2.19. The number of hydrogen-bond donors (Lipinski definition) is 1. The summed E-state index contributed by atoms with van der Waals surface area (Å²) in [5.41, 5.74) is 3.30. The van der Waals surface area contributed by atoms with Crippen molar-refractivity contribution in [3.05, 3.63) is 51.8 Å². The van der Waals surface area contributed by atoms with Gasteiger partial charge in [0.15, 0.2) is 0 Å². The van der Waals surface area contributed by atoms with E-state index in [2.05, 4.69) is 15.3 Å². The minimum atomic E-state index is -0.0394. The lowest BCUT2D eigenvalue weighted by Gasteiger charge is -2.26. The molecule has 0 unspecified atom stereocenters. The molecule has 2 heterocycles. The Morgan fingerprint density at radius 2 is 1.92 bits per heavy atom. The van der Waals surface area contributed by atoms with Gasteiger partial charge >= 0.3 is 0 Å². The summed E-state index contributed by atoms with van der Waals surface area (Å²) < 4.78 is 1.86. The van der Waals surface area contributed by atoms with Gasteiger partial charge in [0.1, 0.15) is 0 Å². The molecule has 1 fully saturated rings. The number of amides is 1. The Labute approximate surface area is 160 Å². The molecule has 2 aromatic rings. The molecule has 1 amide bonds. The lowest BCUT2D eigenvalue weighted by molar-refractivity contribution is 0.0945. The van der Waals surface area contributed by atoms with Crippen LogP contribution in [0.1, 0.15) is 46.6 Å². The standard InChI is InChI=1S/C20H27ClN4O/c1-15-19(20(26)22-10-13-24-11-6-3-7-12-24)16(2)25(23-15)14-17-8-4-5-9-18(17)21/h4-5,8-9H,3,6-7,10-14H2,1-2H3,(H,22,26). The van der Waals surface area contributed by atoms with Crippen LogP contribution in [0.4, 0.5) is 0 Å². The van der Waals surface area contributed by atoms with Crippen molar-refractivity contribution in [2.45, 2.75) is 39.7 Å². The first-order valence-electron chi connectivity index (χ1n) is 9.34. The molecular weight excluding hydrogens is 348 g/mol. The van der Waals surface area contributed by atoms with Crippen LogP contribution >= 0.6 is 11.6 Å². The summed E-state index contributed by atoms with van der Waals surface area (Å²) in [7, 11) is 0. The fraction of sp³-hybridized carbons (Fsp3) is 0.500. The van der Waals surface area contributed by atoms with E-state index in [1.165, 1.54) is 19.3 Å². The zero-order valence-corrected chi connectivity index (χ0v) is 16.4. The van der Waals surface area contributed by atoms with Gasteiger partial charge in [0.2, 0.25) is 0 Å². The number of halogens is 1. The molecule has 0 radical (unpaired) electrons. The van der Waals surface area contributed by atoms with E-state index in [1.807, 2.05) is 42.8 Å². The van der Waals surface area contributed by atoms with Gasteiger partial charge in [-0.3, -0.25) is 9.48 Å². The van der Waals surface area contributed by atoms with Gasteiger partial charge in [0.25, 0.3) is 5.91 Å². The topological polar surface area (TPSA) is 50.2 Å². The second-order valence-corrected chi connectivity index (χ2v) is 7.36. The normalized spacial score (nSPS) is 15.2. The number of nitrogens with zero attached hydrogens (tertiary/aromatic N) is 3. The van der Waals surface area contributed by atoms with Gasteiger partial charge in [0, 0.05) is 23.8 Å². The van der Waals surface area contributed by atoms with Crippen molar-refractivity contribution in [2.75, 3.05) is 26.2 Å². The Balaban J connectivity index is 1.63. The molecule has 6 heteroatoms. The molecule has 26 heavy (non-hydrogen) atoms. The highest BCUT2D eigenvalue weighted by molar-refractivity contribution is 6.31. The van der Waals surface area contributed by atoms with Gasteiger partial charge in [0.05, 0.1) is 17.8 Å². The van der Waals surface area contributed by atoms with E-state index in [1.54, 1.807) is 0 Å². The lowest BCUT2D eigenvalue weighted by Crippen LogP contribution is -2.37. The number of carbonyl (C=O) groups is 1. The molecular formula is C20H27ClN4O. The quantitative estimate of drug-likeness (QED) is 0.842. The van der Waals surface area contributed by atoms with Crippen molar-refractivity contribution < 1.29 is 4.79 Å². The van der Waals surface area contributed by atoms with Crippen molar-refractivity contribution >= 4 is 17.5 Å². The van der Waals surface area contributed by atoms with E-state index in [0.29, 0.717) is 23.7 Å². The fourth-order valence-corrected chi connectivity index (χ4v) is 3.76. The number of hydrogen-bond acceptors (Lipinski definition) is 3. The molecule has 3 rings (SSSR count). The Hall–Kier alpha value is -1.85. The maximum absolute atomic E-state index is 12.7. The average Bonchev–Trinajstić information content (AvgIpc) is 2.91. The maximum Gasteiger partial charge on any atom is 0.255 e. The number of aryl methyl sites for hydroxylation is 1. The third-order valence-corrected chi connectivity index (χ3v) is 5.42. The molecule has 1 N–H and O–H groups in total. The molecule has 0 bridgehead atoms. The van der Waals surface area contributed by atoms with Crippen molar-refractivity contribution in [3.8, 4) is 0 Å². The van der Waals surface area contributed by atoms with E-state index in [9.17, 15) is 4.79 Å². The van der Waals surface area contributed by atoms with Crippen molar-refractivity contribution in [3.63, 3.8) is 0 Å². The highest BCUT2D eigenvalue weighted by atomic mass is 35.5. The smallest absolute Gasteiger partial charge is 0.255 e. The largest absolute Gasteiger partial charge is 0.351 e. The molecule has 0 atom stereocenters. The van der Waals surface area contributed by atoms with Gasteiger partial charge in [-0.05, 0) is 51.4 Å². The third kappa shape index (κ3) is 4.46. The van der Waals surface area contributed by atoms with Crippen LogP contribution in [-0.2, 0) is 6.54 Å². The summed E-state index contributed by atoms with van der Waals surface area (Å²) in [6, 6.07) is 7.73. The van der Waals surface area contributed by atoms with Crippen LogP contribution in [0.5, 0.6) is 0 Å². The van der Waals surface area contributed by atoms with Crippen LogP contribution in [0.25, 0.3) is 0 Å². The number of aromatic nitrogens is 2. The van der Waals surface area contributed by atoms with Crippen LogP contribution in [-0.4, -0.2) is 46.8 Å². The number of benzene rings is 1. The Morgan fingerprint density at radius 3 is 2.65 bits per heavy atom. The number of carbonyl (C=O) groups excluding carboxylic acids is 1. The Bertz CT molecular complexity index is 765. The van der Waals surface area contributed by atoms with E-state index in [-0.39, 0.29) is 5.91 Å². The molecule has 0 spiro atoms.